The normalized spacial score (nSPS) is 14.6. The standard InChI is InChI=1S/C13H16N2S.BrH/c1-2-3-10-4-6-11(7-5-10)12-8-15-13(14)16-9-12;/h4-8H,2-3,9H2,1H3,(H2,14,15);1H. The van der Waals surface area contributed by atoms with Crippen molar-refractivity contribution in [2.75, 3.05) is 5.75 Å². The van der Waals surface area contributed by atoms with Gasteiger partial charge in [0.2, 0.25) is 0 Å². The highest BCUT2D eigenvalue weighted by Crippen LogP contribution is 2.23. The third-order valence-electron chi connectivity index (χ3n) is 2.59. The van der Waals surface area contributed by atoms with Crippen LogP contribution in [0.4, 0.5) is 0 Å². The second-order valence-electron chi connectivity index (χ2n) is 3.86. The van der Waals surface area contributed by atoms with Crippen LogP contribution in [0.3, 0.4) is 0 Å². The van der Waals surface area contributed by atoms with Gasteiger partial charge in [0, 0.05) is 12.0 Å². The molecule has 2 nitrogen and oxygen atoms in total. The largest absolute Gasteiger partial charge is 0.378 e. The zero-order chi connectivity index (χ0) is 11.4. The summed E-state index contributed by atoms with van der Waals surface area (Å²) in [7, 11) is 0. The van der Waals surface area contributed by atoms with Gasteiger partial charge < -0.3 is 5.73 Å². The van der Waals surface area contributed by atoms with Crippen molar-refractivity contribution in [3.63, 3.8) is 0 Å². The molecule has 0 saturated heterocycles. The Labute approximate surface area is 117 Å². The van der Waals surface area contributed by atoms with Gasteiger partial charge in [0.05, 0.1) is 0 Å². The molecule has 0 bridgehead atoms. The van der Waals surface area contributed by atoms with Crippen LogP contribution in [0.5, 0.6) is 0 Å². The summed E-state index contributed by atoms with van der Waals surface area (Å²) in [6, 6.07) is 8.75. The fraction of sp³-hybridized carbons (Fsp3) is 0.308. The molecule has 1 aromatic rings. The van der Waals surface area contributed by atoms with E-state index in [-0.39, 0.29) is 17.0 Å². The lowest BCUT2D eigenvalue weighted by Gasteiger charge is -2.11. The minimum atomic E-state index is 0. The number of nitrogens with two attached hydrogens (primary N) is 1. The lowest BCUT2D eigenvalue weighted by Crippen LogP contribution is -2.10. The smallest absolute Gasteiger partial charge is 0.158 e. The third-order valence-corrected chi connectivity index (χ3v) is 3.44. The van der Waals surface area contributed by atoms with Gasteiger partial charge in [-0.05, 0) is 23.1 Å². The number of rotatable bonds is 3. The van der Waals surface area contributed by atoms with Crippen LogP contribution in [0, 0.1) is 0 Å². The Balaban J connectivity index is 0.00000144. The van der Waals surface area contributed by atoms with Gasteiger partial charge >= 0.3 is 0 Å². The van der Waals surface area contributed by atoms with Crippen LogP contribution in [0.15, 0.2) is 35.5 Å². The fourth-order valence-corrected chi connectivity index (χ4v) is 2.37. The van der Waals surface area contributed by atoms with Crippen molar-refractivity contribution in [1.29, 1.82) is 0 Å². The Hall–Kier alpha value is -0.740. The molecule has 0 amide bonds. The quantitative estimate of drug-likeness (QED) is 0.925. The number of hydrogen-bond donors (Lipinski definition) is 1. The van der Waals surface area contributed by atoms with Gasteiger partial charge in [-0.3, -0.25) is 0 Å². The van der Waals surface area contributed by atoms with E-state index in [1.54, 1.807) is 11.8 Å². The highest BCUT2D eigenvalue weighted by molar-refractivity contribution is 8.93. The van der Waals surface area contributed by atoms with E-state index in [1.165, 1.54) is 23.1 Å². The van der Waals surface area contributed by atoms with Crippen LogP contribution in [-0.2, 0) is 6.42 Å². The number of thioether (sulfide) groups is 1. The second-order valence-corrected chi connectivity index (χ2v) is 4.85. The predicted octanol–water partition coefficient (Wildman–Crippen LogP) is 3.62. The van der Waals surface area contributed by atoms with Gasteiger partial charge in [0.1, 0.15) is 0 Å². The minimum Gasteiger partial charge on any atom is -0.378 e. The SMILES string of the molecule is Br.CCCc1ccc(C2=CN=C(N)SC2)cc1. The summed E-state index contributed by atoms with van der Waals surface area (Å²) in [5.74, 6) is 0.919. The van der Waals surface area contributed by atoms with Crippen molar-refractivity contribution in [2.24, 2.45) is 10.7 Å². The Morgan fingerprint density at radius 3 is 2.53 bits per heavy atom. The van der Waals surface area contributed by atoms with Crippen LogP contribution in [-0.4, -0.2) is 10.9 Å². The number of halogens is 1. The topological polar surface area (TPSA) is 38.4 Å². The molecular weight excluding hydrogens is 296 g/mol. The summed E-state index contributed by atoms with van der Waals surface area (Å²) in [6.07, 6.45) is 4.22. The van der Waals surface area contributed by atoms with E-state index in [2.05, 4.69) is 36.2 Å². The minimum absolute atomic E-state index is 0. The van der Waals surface area contributed by atoms with Gasteiger partial charge in [-0.2, -0.15) is 0 Å². The van der Waals surface area contributed by atoms with Crippen LogP contribution in [0.2, 0.25) is 0 Å². The average Bonchev–Trinajstić information content (AvgIpc) is 2.32. The number of amidine groups is 1. The maximum atomic E-state index is 5.61. The predicted molar refractivity (Wildman–Crippen MR) is 82.8 cm³/mol. The monoisotopic (exact) mass is 312 g/mol. The molecule has 92 valence electrons. The van der Waals surface area contributed by atoms with E-state index in [1.807, 2.05) is 6.20 Å². The molecular formula is C13H17BrN2S. The van der Waals surface area contributed by atoms with Gasteiger partial charge in [-0.25, -0.2) is 4.99 Å². The van der Waals surface area contributed by atoms with E-state index < -0.39 is 0 Å². The molecule has 1 heterocycles. The first-order chi connectivity index (χ1) is 7.79. The summed E-state index contributed by atoms with van der Waals surface area (Å²) in [6.45, 7) is 2.20. The van der Waals surface area contributed by atoms with Crippen LogP contribution >= 0.6 is 28.7 Å². The number of benzene rings is 1. The first-order valence-corrected chi connectivity index (χ1v) is 6.52. The molecule has 2 rings (SSSR count). The maximum absolute atomic E-state index is 5.61. The summed E-state index contributed by atoms with van der Waals surface area (Å²) < 4.78 is 0. The lowest BCUT2D eigenvalue weighted by atomic mass is 10.0. The Morgan fingerprint density at radius 2 is 2.00 bits per heavy atom. The molecule has 0 atom stereocenters. The second kappa shape index (κ2) is 6.87. The summed E-state index contributed by atoms with van der Waals surface area (Å²) in [5, 5.41) is 0.659. The van der Waals surface area contributed by atoms with Crippen molar-refractivity contribution in [2.45, 2.75) is 19.8 Å². The third kappa shape index (κ3) is 3.89. The Kier molecular flexibility index (Phi) is 5.78. The Bertz CT molecular complexity index is 424. The summed E-state index contributed by atoms with van der Waals surface area (Å²) >= 11 is 1.59. The van der Waals surface area contributed by atoms with Crippen LogP contribution in [0.25, 0.3) is 5.57 Å². The average molecular weight is 313 g/mol. The molecule has 2 N–H and O–H groups in total. The molecule has 4 heteroatoms. The number of aryl methyl sites for hydroxylation is 1. The summed E-state index contributed by atoms with van der Waals surface area (Å²) in [5.41, 5.74) is 9.51. The maximum Gasteiger partial charge on any atom is 0.158 e. The van der Waals surface area contributed by atoms with Crippen LogP contribution < -0.4 is 5.73 Å². The molecule has 0 radical (unpaired) electrons. The van der Waals surface area contributed by atoms with Crippen molar-refractivity contribution in [3.05, 3.63) is 41.6 Å². The molecule has 1 aliphatic heterocycles. The van der Waals surface area contributed by atoms with Crippen molar-refractivity contribution >= 4 is 39.5 Å². The lowest BCUT2D eigenvalue weighted by molar-refractivity contribution is 0.922. The van der Waals surface area contributed by atoms with Crippen molar-refractivity contribution in [1.82, 2.24) is 0 Å². The zero-order valence-electron chi connectivity index (χ0n) is 9.85. The number of nitrogens with zero attached hydrogens (tertiary/aromatic N) is 1. The highest BCUT2D eigenvalue weighted by Gasteiger charge is 2.07. The number of hydrogen-bond acceptors (Lipinski definition) is 3. The van der Waals surface area contributed by atoms with Gasteiger partial charge in [0.15, 0.2) is 5.17 Å². The Morgan fingerprint density at radius 1 is 1.29 bits per heavy atom. The van der Waals surface area contributed by atoms with Gasteiger partial charge in [-0.1, -0.05) is 49.4 Å². The molecule has 0 aliphatic carbocycles. The van der Waals surface area contributed by atoms with Crippen molar-refractivity contribution < 1.29 is 0 Å². The summed E-state index contributed by atoms with van der Waals surface area (Å²) in [4.78, 5) is 4.14. The van der Waals surface area contributed by atoms with Crippen molar-refractivity contribution in [3.8, 4) is 0 Å². The van der Waals surface area contributed by atoms with Crippen LogP contribution in [0.1, 0.15) is 24.5 Å². The van der Waals surface area contributed by atoms with Gasteiger partial charge in [-0.15, -0.1) is 17.0 Å². The van der Waals surface area contributed by atoms with E-state index in [9.17, 15) is 0 Å². The number of aliphatic imine (C=N–C) groups is 1. The molecule has 17 heavy (non-hydrogen) atoms. The molecule has 0 aromatic heterocycles. The molecule has 0 spiro atoms. The fourth-order valence-electron chi connectivity index (χ4n) is 1.70. The first-order valence-electron chi connectivity index (χ1n) is 5.54. The molecule has 0 saturated carbocycles. The van der Waals surface area contributed by atoms with E-state index in [0.29, 0.717) is 5.17 Å². The first kappa shape index (κ1) is 14.3. The van der Waals surface area contributed by atoms with E-state index in [0.717, 1.165) is 12.2 Å². The molecule has 0 fully saturated rings. The molecule has 0 unspecified atom stereocenters. The molecule has 1 aromatic carbocycles. The zero-order valence-corrected chi connectivity index (χ0v) is 12.4. The van der Waals surface area contributed by atoms with Gasteiger partial charge in [0.25, 0.3) is 0 Å². The van der Waals surface area contributed by atoms with E-state index in [4.69, 9.17) is 5.73 Å². The molecule has 1 aliphatic rings. The van der Waals surface area contributed by atoms with E-state index >= 15 is 0 Å². The highest BCUT2D eigenvalue weighted by atomic mass is 79.9.